The highest BCUT2D eigenvalue weighted by atomic mass is 15.1. The molecule has 0 amide bonds. The number of para-hydroxylation sites is 1. The van der Waals surface area contributed by atoms with E-state index in [2.05, 4.69) is 167 Å². The van der Waals surface area contributed by atoms with Gasteiger partial charge in [0, 0.05) is 21.5 Å². The van der Waals surface area contributed by atoms with Gasteiger partial charge in [0.05, 0.1) is 44.6 Å². The molecular weight excluding hydrogens is 633 g/mol. The summed E-state index contributed by atoms with van der Waals surface area (Å²) in [6, 6.07) is 60.4. The van der Waals surface area contributed by atoms with Crippen molar-refractivity contribution < 1.29 is 0 Å². The van der Waals surface area contributed by atoms with Gasteiger partial charge in [-0.1, -0.05) is 115 Å². The van der Waals surface area contributed by atoms with Gasteiger partial charge in [0.25, 0.3) is 0 Å². The van der Waals surface area contributed by atoms with E-state index in [0.717, 1.165) is 60.4 Å². The van der Waals surface area contributed by atoms with Gasteiger partial charge in [-0.05, 0) is 85.6 Å². The molecule has 0 bridgehead atoms. The third kappa shape index (κ3) is 3.78. The molecule has 0 saturated carbocycles. The van der Waals surface area contributed by atoms with Gasteiger partial charge in [-0.15, -0.1) is 0 Å². The Balaban J connectivity index is 1.36. The highest BCUT2D eigenvalue weighted by molar-refractivity contribution is 6.26. The molecule has 0 atom stereocenters. The van der Waals surface area contributed by atoms with Crippen LogP contribution in [0.2, 0.25) is 0 Å². The Hall–Kier alpha value is -7.40. The van der Waals surface area contributed by atoms with Gasteiger partial charge in [0.2, 0.25) is 0 Å². The number of hydrogen-bond donors (Lipinski definition) is 0. The summed E-state index contributed by atoms with van der Waals surface area (Å²) in [6.45, 7) is 0. The van der Waals surface area contributed by atoms with E-state index in [-0.39, 0.29) is 0 Å². The molecular formula is C48H26N4. The Morgan fingerprint density at radius 3 is 1.40 bits per heavy atom. The Morgan fingerprint density at radius 2 is 0.788 bits per heavy atom. The Kier molecular flexibility index (Phi) is 5.77. The van der Waals surface area contributed by atoms with E-state index >= 15 is 0 Å². The number of rotatable bonds is 2. The van der Waals surface area contributed by atoms with Gasteiger partial charge in [-0.25, -0.2) is 0 Å². The maximum absolute atomic E-state index is 10.4. The van der Waals surface area contributed by atoms with Gasteiger partial charge >= 0.3 is 0 Å². The maximum Gasteiger partial charge on any atom is 0.101 e. The number of nitriles is 2. The fraction of sp³-hybridized carbons (Fsp3) is 0. The summed E-state index contributed by atoms with van der Waals surface area (Å²) < 4.78 is 4.59. The standard InChI is InChI=1S/C48H26N4/c49-27-33-24-45(51-41-16-8-7-15-38(41)47-36-13-5-2-10-30(36)19-21-42(47)51)46(25-34(33)28-50)52-43-22-20-31-11-3-6-14-37(31)48(43)40-26-39-32(23-44(40)52)18-17-29-9-1-4-12-35(29)39/h1-26H. The lowest BCUT2D eigenvalue weighted by atomic mass is 9.98. The molecule has 11 rings (SSSR count). The lowest BCUT2D eigenvalue weighted by molar-refractivity contribution is 1.09. The molecule has 0 fully saturated rings. The monoisotopic (exact) mass is 658 g/mol. The summed E-state index contributed by atoms with van der Waals surface area (Å²) in [6.07, 6.45) is 0. The predicted octanol–water partition coefficient (Wildman–Crippen LogP) is 12.2. The van der Waals surface area contributed by atoms with E-state index in [1.807, 2.05) is 12.1 Å². The van der Waals surface area contributed by atoms with Crippen LogP contribution in [0.25, 0.3) is 98.1 Å². The van der Waals surface area contributed by atoms with Crippen molar-refractivity contribution in [3.63, 3.8) is 0 Å². The zero-order chi connectivity index (χ0) is 34.5. The maximum atomic E-state index is 10.4. The number of nitrogens with zero attached hydrogens (tertiary/aromatic N) is 4. The zero-order valence-electron chi connectivity index (χ0n) is 27.8. The highest BCUT2D eigenvalue weighted by Gasteiger charge is 2.23. The molecule has 9 aromatic carbocycles. The van der Waals surface area contributed by atoms with E-state index in [1.165, 1.54) is 37.7 Å². The molecule has 2 heterocycles. The fourth-order valence-electron chi connectivity index (χ4n) is 8.67. The minimum atomic E-state index is 0.343. The van der Waals surface area contributed by atoms with E-state index in [1.54, 1.807) is 0 Å². The molecule has 0 aliphatic carbocycles. The van der Waals surface area contributed by atoms with Crippen molar-refractivity contribution in [2.24, 2.45) is 0 Å². The second-order valence-electron chi connectivity index (χ2n) is 13.5. The summed E-state index contributed by atoms with van der Waals surface area (Å²) in [4.78, 5) is 0. The van der Waals surface area contributed by atoms with Crippen LogP contribution in [0.5, 0.6) is 0 Å². The summed E-state index contributed by atoms with van der Waals surface area (Å²) in [5, 5.41) is 34.9. The highest BCUT2D eigenvalue weighted by Crippen LogP contribution is 2.44. The topological polar surface area (TPSA) is 57.4 Å². The van der Waals surface area contributed by atoms with Crippen LogP contribution in [0.4, 0.5) is 0 Å². The average molecular weight is 659 g/mol. The van der Waals surface area contributed by atoms with E-state index in [4.69, 9.17) is 0 Å². The Morgan fingerprint density at radius 1 is 0.327 bits per heavy atom. The van der Waals surface area contributed by atoms with Crippen molar-refractivity contribution in [1.82, 2.24) is 9.13 Å². The molecule has 2 aromatic heterocycles. The quantitative estimate of drug-likeness (QED) is 0.174. The number of benzene rings is 9. The first-order valence-electron chi connectivity index (χ1n) is 17.4. The van der Waals surface area contributed by atoms with Crippen LogP contribution >= 0.6 is 0 Å². The van der Waals surface area contributed by atoms with Gasteiger partial charge in [0.15, 0.2) is 0 Å². The van der Waals surface area contributed by atoms with E-state index < -0.39 is 0 Å². The van der Waals surface area contributed by atoms with Crippen molar-refractivity contribution in [3.05, 3.63) is 169 Å². The molecule has 0 saturated heterocycles. The van der Waals surface area contributed by atoms with Gasteiger partial charge in [-0.3, -0.25) is 0 Å². The smallest absolute Gasteiger partial charge is 0.101 e. The Bertz CT molecular complexity index is 3440. The SMILES string of the molecule is N#Cc1cc(-n2c3ccccc3c3c4ccccc4ccc32)c(-n2c3cc4ccc5ccccc5c4cc3c3c4ccccc4ccc32)cc1C#N. The molecule has 0 unspecified atom stereocenters. The minimum absolute atomic E-state index is 0.343. The lowest BCUT2D eigenvalue weighted by Gasteiger charge is -2.18. The number of aromatic nitrogens is 2. The molecule has 238 valence electrons. The average Bonchev–Trinajstić information content (AvgIpc) is 3.72. The van der Waals surface area contributed by atoms with Crippen molar-refractivity contribution >= 4 is 86.7 Å². The van der Waals surface area contributed by atoms with Crippen LogP contribution in [-0.2, 0) is 0 Å². The zero-order valence-corrected chi connectivity index (χ0v) is 27.8. The normalized spacial score (nSPS) is 11.8. The first kappa shape index (κ1) is 28.4. The Labute approximate surface area is 297 Å². The van der Waals surface area contributed by atoms with Crippen molar-refractivity contribution in [1.29, 1.82) is 10.5 Å². The van der Waals surface area contributed by atoms with Gasteiger partial charge < -0.3 is 9.13 Å². The van der Waals surface area contributed by atoms with E-state index in [9.17, 15) is 10.5 Å². The summed E-state index contributed by atoms with van der Waals surface area (Å²) in [7, 11) is 0. The number of hydrogen-bond acceptors (Lipinski definition) is 2. The van der Waals surface area contributed by atoms with Crippen LogP contribution in [0.15, 0.2) is 158 Å². The summed E-state index contributed by atoms with van der Waals surface area (Å²) in [5.74, 6) is 0. The van der Waals surface area contributed by atoms with E-state index in [0.29, 0.717) is 11.1 Å². The summed E-state index contributed by atoms with van der Waals surface area (Å²) >= 11 is 0. The van der Waals surface area contributed by atoms with Crippen molar-refractivity contribution in [2.75, 3.05) is 0 Å². The molecule has 0 aliphatic heterocycles. The number of fused-ring (bicyclic) bond motifs is 13. The fourth-order valence-corrected chi connectivity index (χ4v) is 8.67. The molecule has 0 aliphatic rings. The molecule has 11 aromatic rings. The largest absolute Gasteiger partial charge is 0.307 e. The van der Waals surface area contributed by atoms with Gasteiger partial charge in [0.1, 0.15) is 12.1 Å². The molecule has 0 spiro atoms. The first-order chi connectivity index (χ1) is 25.7. The second kappa shape index (κ2) is 10.6. The predicted molar refractivity (Wildman–Crippen MR) is 215 cm³/mol. The third-order valence-corrected chi connectivity index (χ3v) is 10.9. The molecule has 0 N–H and O–H groups in total. The summed E-state index contributed by atoms with van der Waals surface area (Å²) in [5.41, 5.74) is 6.50. The lowest BCUT2D eigenvalue weighted by Crippen LogP contribution is -2.05. The van der Waals surface area contributed by atoms with Crippen LogP contribution in [0, 0.1) is 22.7 Å². The van der Waals surface area contributed by atoms with Crippen LogP contribution in [0.1, 0.15) is 11.1 Å². The van der Waals surface area contributed by atoms with Crippen LogP contribution < -0.4 is 0 Å². The van der Waals surface area contributed by atoms with Gasteiger partial charge in [-0.2, -0.15) is 10.5 Å². The molecule has 4 nitrogen and oxygen atoms in total. The molecule has 52 heavy (non-hydrogen) atoms. The van der Waals surface area contributed by atoms with Crippen molar-refractivity contribution in [3.8, 4) is 23.5 Å². The third-order valence-electron chi connectivity index (χ3n) is 10.9. The minimum Gasteiger partial charge on any atom is -0.307 e. The molecule has 4 heteroatoms. The van der Waals surface area contributed by atoms with Crippen molar-refractivity contribution in [2.45, 2.75) is 0 Å². The van der Waals surface area contributed by atoms with Crippen LogP contribution in [0.3, 0.4) is 0 Å². The first-order valence-corrected chi connectivity index (χ1v) is 17.4. The van der Waals surface area contributed by atoms with Crippen LogP contribution in [-0.4, -0.2) is 9.13 Å². The molecule has 0 radical (unpaired) electrons. The second-order valence-corrected chi connectivity index (χ2v) is 13.5.